The monoisotopic (exact) mass is 362 g/mol. The number of hydrogen-bond donors (Lipinski definition) is 1. The average Bonchev–Trinajstić information content (AvgIpc) is 3.11. The Labute approximate surface area is 154 Å². The van der Waals surface area contributed by atoms with Gasteiger partial charge in [0.15, 0.2) is 11.6 Å². The van der Waals surface area contributed by atoms with Crippen LogP contribution >= 0.6 is 0 Å². The van der Waals surface area contributed by atoms with Gasteiger partial charge in [-0.2, -0.15) is 0 Å². The molecule has 27 heavy (non-hydrogen) atoms. The molecule has 0 saturated carbocycles. The van der Waals surface area contributed by atoms with E-state index in [1.807, 2.05) is 42.3 Å². The normalized spacial score (nSPS) is 12.4. The first-order valence-corrected chi connectivity index (χ1v) is 8.29. The standard InChI is InChI=1S/C20H15FN4O2/c1-25(14-5-3-2-4-6-14)19-17(12-7-9-13(21)10-8-12)24-18-15(23-19)11-16(22-18)20(26)27/h2-10H,11H2,1H3,(H,26,27). The molecular weight excluding hydrogens is 347 g/mol. The van der Waals surface area contributed by atoms with Gasteiger partial charge in [0.1, 0.15) is 17.2 Å². The Kier molecular flexibility index (Phi) is 4.12. The first-order chi connectivity index (χ1) is 13.0. The quantitative estimate of drug-likeness (QED) is 0.764. The second kappa shape index (κ2) is 6.60. The van der Waals surface area contributed by atoms with E-state index >= 15 is 0 Å². The number of aliphatic carboxylic acids is 1. The number of anilines is 2. The Morgan fingerprint density at radius 1 is 1.07 bits per heavy atom. The number of rotatable bonds is 4. The minimum atomic E-state index is -1.09. The third kappa shape index (κ3) is 3.15. The highest BCUT2D eigenvalue weighted by atomic mass is 19.1. The number of aromatic nitrogens is 2. The summed E-state index contributed by atoms with van der Waals surface area (Å²) in [5.41, 5.74) is 2.59. The highest BCUT2D eigenvalue weighted by Gasteiger charge is 2.26. The Balaban J connectivity index is 1.87. The van der Waals surface area contributed by atoms with Crippen LogP contribution in [0.25, 0.3) is 11.3 Å². The lowest BCUT2D eigenvalue weighted by Crippen LogP contribution is -2.15. The number of para-hydroxylation sites is 1. The van der Waals surface area contributed by atoms with E-state index in [9.17, 15) is 14.3 Å². The van der Waals surface area contributed by atoms with Crippen molar-refractivity contribution >= 4 is 29.0 Å². The largest absolute Gasteiger partial charge is 0.477 e. The van der Waals surface area contributed by atoms with Crippen LogP contribution in [-0.4, -0.2) is 33.8 Å². The first kappa shape index (κ1) is 16.8. The predicted molar refractivity (Wildman–Crippen MR) is 100 cm³/mol. The van der Waals surface area contributed by atoms with E-state index in [1.165, 1.54) is 12.1 Å². The van der Waals surface area contributed by atoms with E-state index < -0.39 is 5.97 Å². The maximum Gasteiger partial charge on any atom is 0.350 e. The summed E-state index contributed by atoms with van der Waals surface area (Å²) in [6, 6.07) is 15.5. The fraction of sp³-hybridized carbons (Fsp3) is 0.100. The molecule has 0 unspecified atom stereocenters. The van der Waals surface area contributed by atoms with Crippen LogP contribution in [0.1, 0.15) is 5.69 Å². The summed E-state index contributed by atoms with van der Waals surface area (Å²) in [4.78, 5) is 26.4. The Morgan fingerprint density at radius 2 is 1.78 bits per heavy atom. The van der Waals surface area contributed by atoms with Gasteiger partial charge in [-0.15, -0.1) is 0 Å². The molecule has 3 aromatic rings. The molecule has 1 aliphatic heterocycles. The van der Waals surface area contributed by atoms with Crippen molar-refractivity contribution < 1.29 is 14.3 Å². The molecule has 2 heterocycles. The number of halogens is 1. The minimum Gasteiger partial charge on any atom is -0.477 e. The van der Waals surface area contributed by atoms with Crippen LogP contribution in [0.5, 0.6) is 0 Å². The van der Waals surface area contributed by atoms with Crippen molar-refractivity contribution in [2.45, 2.75) is 6.42 Å². The number of hydrogen-bond acceptors (Lipinski definition) is 5. The molecule has 7 heteroatoms. The molecule has 0 atom stereocenters. The second-order valence-corrected chi connectivity index (χ2v) is 6.11. The molecule has 6 nitrogen and oxygen atoms in total. The van der Waals surface area contributed by atoms with Crippen molar-refractivity contribution in [1.82, 2.24) is 9.97 Å². The zero-order valence-corrected chi connectivity index (χ0v) is 14.4. The first-order valence-electron chi connectivity index (χ1n) is 8.29. The van der Waals surface area contributed by atoms with Crippen molar-refractivity contribution in [2.24, 2.45) is 4.99 Å². The Hall–Kier alpha value is -3.61. The summed E-state index contributed by atoms with van der Waals surface area (Å²) < 4.78 is 13.4. The van der Waals surface area contributed by atoms with Crippen molar-refractivity contribution in [3.8, 4) is 11.3 Å². The van der Waals surface area contributed by atoms with Crippen LogP contribution in [0.4, 0.5) is 21.7 Å². The summed E-state index contributed by atoms with van der Waals surface area (Å²) in [6.07, 6.45) is 0.122. The number of aliphatic imine (C=N–C) groups is 1. The summed E-state index contributed by atoms with van der Waals surface area (Å²) in [5.74, 6) is -0.599. The third-order valence-corrected chi connectivity index (χ3v) is 4.33. The van der Waals surface area contributed by atoms with Crippen molar-refractivity contribution in [1.29, 1.82) is 0 Å². The number of benzene rings is 2. The van der Waals surface area contributed by atoms with Crippen LogP contribution in [0.15, 0.2) is 59.6 Å². The molecule has 0 radical (unpaired) electrons. The van der Waals surface area contributed by atoms with E-state index in [0.717, 1.165) is 5.69 Å². The Morgan fingerprint density at radius 3 is 2.44 bits per heavy atom. The SMILES string of the molecule is CN(c1ccccc1)c1nc2c(nc1-c1ccc(F)cc1)N=C(C(=O)O)C2. The van der Waals surface area contributed by atoms with Crippen molar-refractivity contribution in [2.75, 3.05) is 11.9 Å². The molecule has 0 amide bonds. The lowest BCUT2D eigenvalue weighted by atomic mass is 10.1. The summed E-state index contributed by atoms with van der Waals surface area (Å²) >= 11 is 0. The van der Waals surface area contributed by atoms with Gasteiger partial charge in [-0.25, -0.2) is 24.1 Å². The van der Waals surface area contributed by atoms with Crippen molar-refractivity contribution in [3.05, 3.63) is 66.1 Å². The molecule has 1 aliphatic rings. The van der Waals surface area contributed by atoms with Crippen LogP contribution in [0.3, 0.4) is 0 Å². The lowest BCUT2D eigenvalue weighted by molar-refractivity contribution is -0.129. The molecule has 1 aromatic heterocycles. The van der Waals surface area contributed by atoms with Gasteiger partial charge >= 0.3 is 5.97 Å². The zero-order valence-electron chi connectivity index (χ0n) is 14.4. The van der Waals surface area contributed by atoms with Gasteiger partial charge in [0.25, 0.3) is 0 Å². The average molecular weight is 362 g/mol. The molecule has 0 bridgehead atoms. The predicted octanol–water partition coefficient (Wildman–Crippen LogP) is 3.76. The van der Waals surface area contributed by atoms with E-state index in [2.05, 4.69) is 15.0 Å². The fourth-order valence-corrected chi connectivity index (χ4v) is 2.92. The van der Waals surface area contributed by atoms with Crippen LogP contribution in [-0.2, 0) is 11.2 Å². The number of nitrogens with zero attached hydrogens (tertiary/aromatic N) is 4. The van der Waals surface area contributed by atoms with Gasteiger partial charge in [-0.1, -0.05) is 18.2 Å². The summed E-state index contributed by atoms with van der Waals surface area (Å²) in [6.45, 7) is 0. The highest BCUT2D eigenvalue weighted by molar-refractivity contribution is 6.37. The van der Waals surface area contributed by atoms with Gasteiger partial charge in [0.2, 0.25) is 0 Å². The van der Waals surface area contributed by atoms with E-state index in [4.69, 9.17) is 0 Å². The Bertz CT molecular complexity index is 1050. The topological polar surface area (TPSA) is 78.7 Å². The third-order valence-electron chi connectivity index (χ3n) is 4.33. The molecule has 1 N–H and O–H groups in total. The summed E-state index contributed by atoms with van der Waals surface area (Å²) in [7, 11) is 1.85. The van der Waals surface area contributed by atoms with Crippen molar-refractivity contribution in [3.63, 3.8) is 0 Å². The molecule has 134 valence electrons. The van der Waals surface area contributed by atoms with Crippen LogP contribution < -0.4 is 4.90 Å². The fourth-order valence-electron chi connectivity index (χ4n) is 2.92. The van der Waals surface area contributed by atoms with Gasteiger partial charge in [0.05, 0.1) is 5.69 Å². The van der Waals surface area contributed by atoms with Gasteiger partial charge < -0.3 is 10.0 Å². The minimum absolute atomic E-state index is 0.00886. The number of carboxylic acids is 1. The number of carbonyl (C=O) groups is 1. The van der Waals surface area contributed by atoms with Gasteiger partial charge in [0, 0.05) is 24.7 Å². The van der Waals surface area contributed by atoms with E-state index in [1.54, 1.807) is 12.1 Å². The van der Waals surface area contributed by atoms with Crippen LogP contribution in [0, 0.1) is 5.82 Å². The van der Waals surface area contributed by atoms with Gasteiger partial charge in [-0.05, 0) is 36.4 Å². The van der Waals surface area contributed by atoms with Crippen LogP contribution in [0.2, 0.25) is 0 Å². The smallest absolute Gasteiger partial charge is 0.350 e. The summed E-state index contributed by atoms with van der Waals surface area (Å²) in [5, 5.41) is 9.22. The number of fused-ring (bicyclic) bond motifs is 1. The number of carboxylic acid groups (broad SMARTS) is 1. The maximum atomic E-state index is 13.4. The van der Waals surface area contributed by atoms with Gasteiger partial charge in [-0.3, -0.25) is 0 Å². The van der Waals surface area contributed by atoms with E-state index in [-0.39, 0.29) is 23.8 Å². The zero-order chi connectivity index (χ0) is 19.0. The molecule has 2 aromatic carbocycles. The maximum absolute atomic E-state index is 13.4. The molecule has 4 rings (SSSR count). The highest BCUT2D eigenvalue weighted by Crippen LogP contribution is 2.36. The van der Waals surface area contributed by atoms with E-state index in [0.29, 0.717) is 22.8 Å². The molecule has 0 fully saturated rings. The molecule has 0 spiro atoms. The molecular formula is C20H15FN4O2. The molecule has 0 saturated heterocycles. The lowest BCUT2D eigenvalue weighted by Gasteiger charge is -2.21. The second-order valence-electron chi connectivity index (χ2n) is 6.11. The molecule has 0 aliphatic carbocycles.